The number of nitrogens with zero attached hydrogens (tertiary/aromatic N) is 1. The lowest BCUT2D eigenvalue weighted by atomic mass is 10.00. The van der Waals surface area contributed by atoms with Gasteiger partial charge in [0.15, 0.2) is 0 Å². The van der Waals surface area contributed by atoms with Crippen LogP contribution >= 0.6 is 0 Å². The molecule has 0 spiro atoms. The molecule has 0 aliphatic carbocycles. The molecular formula is C10H12N2O. The van der Waals surface area contributed by atoms with Crippen molar-refractivity contribution in [3.8, 4) is 6.07 Å². The molecule has 0 saturated heterocycles. The number of hydrogen-bond donors (Lipinski definition) is 2. The van der Waals surface area contributed by atoms with Gasteiger partial charge in [0.05, 0.1) is 24.3 Å². The Morgan fingerprint density at radius 2 is 2.31 bits per heavy atom. The minimum atomic E-state index is -0.395. The molecule has 3 N–H and O–H groups in total. The molecule has 0 unspecified atom stereocenters. The summed E-state index contributed by atoms with van der Waals surface area (Å²) < 4.78 is 0. The number of rotatable bonds is 2. The first kappa shape index (κ1) is 9.72. The zero-order chi connectivity index (χ0) is 9.84. The van der Waals surface area contributed by atoms with Crippen molar-refractivity contribution in [2.75, 3.05) is 6.61 Å². The summed E-state index contributed by atoms with van der Waals surface area (Å²) in [7, 11) is 0. The number of benzene rings is 1. The van der Waals surface area contributed by atoms with Crippen molar-refractivity contribution in [1.29, 1.82) is 5.26 Å². The van der Waals surface area contributed by atoms with Crippen molar-refractivity contribution in [3.05, 3.63) is 34.9 Å². The summed E-state index contributed by atoms with van der Waals surface area (Å²) in [5, 5.41) is 17.5. The van der Waals surface area contributed by atoms with E-state index < -0.39 is 6.04 Å². The van der Waals surface area contributed by atoms with Crippen LogP contribution in [0.1, 0.15) is 22.7 Å². The van der Waals surface area contributed by atoms with Crippen LogP contribution in [0.2, 0.25) is 0 Å². The lowest BCUT2D eigenvalue weighted by molar-refractivity contribution is 0.267. The van der Waals surface area contributed by atoms with Crippen molar-refractivity contribution in [2.24, 2.45) is 5.73 Å². The maximum absolute atomic E-state index is 8.87. The van der Waals surface area contributed by atoms with Gasteiger partial charge in [0, 0.05) is 0 Å². The highest BCUT2D eigenvalue weighted by Gasteiger charge is 2.07. The lowest BCUT2D eigenvalue weighted by Gasteiger charge is -2.11. The summed E-state index contributed by atoms with van der Waals surface area (Å²) >= 11 is 0. The average Bonchev–Trinajstić information content (AvgIpc) is 2.17. The Kier molecular flexibility index (Phi) is 3.02. The van der Waals surface area contributed by atoms with Gasteiger partial charge in [-0.15, -0.1) is 0 Å². The van der Waals surface area contributed by atoms with Crippen LogP contribution in [0.3, 0.4) is 0 Å². The number of hydrogen-bond acceptors (Lipinski definition) is 3. The summed E-state index contributed by atoms with van der Waals surface area (Å²) in [5.41, 5.74) is 8.07. The van der Waals surface area contributed by atoms with Gasteiger partial charge in [0.2, 0.25) is 0 Å². The highest BCUT2D eigenvalue weighted by atomic mass is 16.3. The molecule has 0 fully saturated rings. The van der Waals surface area contributed by atoms with E-state index in [4.69, 9.17) is 16.1 Å². The number of nitriles is 1. The van der Waals surface area contributed by atoms with Crippen molar-refractivity contribution in [2.45, 2.75) is 13.0 Å². The maximum Gasteiger partial charge on any atom is 0.0991 e. The average molecular weight is 176 g/mol. The van der Waals surface area contributed by atoms with Crippen LogP contribution in [-0.4, -0.2) is 11.7 Å². The molecule has 1 rings (SSSR count). The highest BCUT2D eigenvalue weighted by molar-refractivity contribution is 5.39. The summed E-state index contributed by atoms with van der Waals surface area (Å²) in [6, 6.07) is 6.94. The van der Waals surface area contributed by atoms with E-state index in [0.29, 0.717) is 5.56 Å². The largest absolute Gasteiger partial charge is 0.394 e. The first-order chi connectivity index (χ1) is 6.19. The van der Waals surface area contributed by atoms with E-state index in [0.717, 1.165) is 11.1 Å². The smallest absolute Gasteiger partial charge is 0.0991 e. The minimum Gasteiger partial charge on any atom is -0.394 e. The summed E-state index contributed by atoms with van der Waals surface area (Å²) in [6.07, 6.45) is 0. The van der Waals surface area contributed by atoms with Gasteiger partial charge in [0.1, 0.15) is 0 Å². The van der Waals surface area contributed by atoms with E-state index in [1.165, 1.54) is 0 Å². The molecule has 0 bridgehead atoms. The van der Waals surface area contributed by atoms with Gasteiger partial charge in [-0.2, -0.15) is 5.26 Å². The summed E-state index contributed by atoms with van der Waals surface area (Å²) in [4.78, 5) is 0. The third-order valence-electron chi connectivity index (χ3n) is 2.00. The SMILES string of the molecule is Cc1ccc(C#N)cc1[C@H](N)CO. The zero-order valence-corrected chi connectivity index (χ0v) is 7.49. The Bertz CT molecular complexity index is 341. The molecule has 0 amide bonds. The molecule has 13 heavy (non-hydrogen) atoms. The fraction of sp³-hybridized carbons (Fsp3) is 0.300. The van der Waals surface area contributed by atoms with Gasteiger partial charge in [-0.3, -0.25) is 0 Å². The van der Waals surface area contributed by atoms with Gasteiger partial charge >= 0.3 is 0 Å². The van der Waals surface area contributed by atoms with Crippen LogP contribution in [-0.2, 0) is 0 Å². The second-order valence-electron chi connectivity index (χ2n) is 2.97. The predicted octanol–water partition coefficient (Wildman–Crippen LogP) is 0.859. The molecule has 3 nitrogen and oxygen atoms in total. The highest BCUT2D eigenvalue weighted by Crippen LogP contribution is 2.16. The van der Waals surface area contributed by atoms with E-state index in [1.54, 1.807) is 12.1 Å². The van der Waals surface area contributed by atoms with Crippen LogP contribution in [0.15, 0.2) is 18.2 Å². The van der Waals surface area contributed by atoms with E-state index >= 15 is 0 Å². The van der Waals surface area contributed by atoms with Crippen molar-refractivity contribution >= 4 is 0 Å². The molecule has 0 aliphatic rings. The van der Waals surface area contributed by atoms with Gasteiger partial charge < -0.3 is 10.8 Å². The lowest BCUT2D eigenvalue weighted by Crippen LogP contribution is -2.15. The van der Waals surface area contributed by atoms with E-state index in [-0.39, 0.29) is 6.61 Å². The molecular weight excluding hydrogens is 164 g/mol. The second kappa shape index (κ2) is 4.04. The third kappa shape index (κ3) is 2.05. The molecule has 0 aliphatic heterocycles. The van der Waals surface area contributed by atoms with Gasteiger partial charge in [0.25, 0.3) is 0 Å². The van der Waals surface area contributed by atoms with Crippen molar-refractivity contribution < 1.29 is 5.11 Å². The fourth-order valence-corrected chi connectivity index (χ4v) is 1.21. The molecule has 0 radical (unpaired) electrons. The topological polar surface area (TPSA) is 70.0 Å². The van der Waals surface area contributed by atoms with Gasteiger partial charge in [-0.05, 0) is 30.2 Å². The molecule has 68 valence electrons. The quantitative estimate of drug-likeness (QED) is 0.702. The zero-order valence-electron chi connectivity index (χ0n) is 7.49. The number of nitrogens with two attached hydrogens (primary N) is 1. The Morgan fingerprint density at radius 1 is 1.62 bits per heavy atom. The van der Waals surface area contributed by atoms with Crippen molar-refractivity contribution in [1.82, 2.24) is 0 Å². The monoisotopic (exact) mass is 176 g/mol. The van der Waals surface area contributed by atoms with Crippen molar-refractivity contribution in [3.63, 3.8) is 0 Å². The standard InChI is InChI=1S/C10H12N2O/c1-7-2-3-8(5-11)4-9(7)10(12)6-13/h2-4,10,13H,6,12H2,1H3/t10-/m1/s1. The number of aryl methyl sites for hydroxylation is 1. The third-order valence-corrected chi connectivity index (χ3v) is 2.00. The van der Waals surface area contributed by atoms with E-state index in [9.17, 15) is 0 Å². The normalized spacial score (nSPS) is 12.2. The van der Waals surface area contributed by atoms with Gasteiger partial charge in [-0.25, -0.2) is 0 Å². The summed E-state index contributed by atoms with van der Waals surface area (Å²) in [5.74, 6) is 0. The molecule has 0 saturated carbocycles. The minimum absolute atomic E-state index is 0.101. The number of aliphatic hydroxyl groups is 1. The van der Waals surface area contributed by atoms with E-state index in [2.05, 4.69) is 0 Å². The Hall–Kier alpha value is -1.37. The maximum atomic E-state index is 8.87. The first-order valence-electron chi connectivity index (χ1n) is 4.06. The first-order valence-corrected chi connectivity index (χ1v) is 4.06. The van der Waals surface area contributed by atoms with Gasteiger partial charge in [-0.1, -0.05) is 6.07 Å². The Balaban J connectivity index is 3.12. The second-order valence-corrected chi connectivity index (χ2v) is 2.97. The Morgan fingerprint density at radius 3 is 2.85 bits per heavy atom. The van der Waals surface area contributed by atoms with Crippen LogP contribution in [0, 0.1) is 18.3 Å². The number of aliphatic hydroxyl groups excluding tert-OH is 1. The molecule has 3 heteroatoms. The summed E-state index contributed by atoms with van der Waals surface area (Å²) in [6.45, 7) is 1.81. The van der Waals surface area contributed by atoms with E-state index in [1.807, 2.05) is 19.1 Å². The van der Waals surface area contributed by atoms with Crippen LogP contribution in [0.4, 0.5) is 0 Å². The molecule has 0 aromatic heterocycles. The predicted molar refractivity (Wildman–Crippen MR) is 49.9 cm³/mol. The van der Waals surface area contributed by atoms with Crippen LogP contribution in [0.5, 0.6) is 0 Å². The molecule has 0 heterocycles. The van der Waals surface area contributed by atoms with Crippen LogP contribution < -0.4 is 5.73 Å². The Labute approximate surface area is 77.4 Å². The molecule has 1 aromatic carbocycles. The molecule has 1 aromatic rings. The molecule has 1 atom stereocenters. The van der Waals surface area contributed by atoms with Crippen LogP contribution in [0.25, 0.3) is 0 Å². The fourth-order valence-electron chi connectivity index (χ4n) is 1.21.